The summed E-state index contributed by atoms with van der Waals surface area (Å²) in [5, 5.41) is 0.340. The summed E-state index contributed by atoms with van der Waals surface area (Å²) in [6.07, 6.45) is 5.08. The number of carbonyl (C=O) groups excluding carboxylic acids is 1. The summed E-state index contributed by atoms with van der Waals surface area (Å²) >= 11 is 0.966. The molecule has 0 fully saturated rings. The van der Waals surface area contributed by atoms with Crippen LogP contribution in [-0.2, 0) is 21.2 Å². The summed E-state index contributed by atoms with van der Waals surface area (Å²) in [6, 6.07) is 7.50. The van der Waals surface area contributed by atoms with Crippen molar-refractivity contribution in [3.63, 3.8) is 0 Å². The number of hydrogen-bond acceptors (Lipinski definition) is 7. The van der Waals surface area contributed by atoms with E-state index < -0.39 is 10.0 Å². The number of thiazole rings is 1. The van der Waals surface area contributed by atoms with E-state index in [0.717, 1.165) is 28.2 Å². The van der Waals surface area contributed by atoms with E-state index in [1.165, 1.54) is 11.9 Å². The molecule has 0 unspecified atom stereocenters. The van der Waals surface area contributed by atoms with Gasteiger partial charge in [-0.1, -0.05) is 35.6 Å². The fourth-order valence-electron chi connectivity index (χ4n) is 2.50. The second-order valence-corrected chi connectivity index (χ2v) is 9.05. The summed E-state index contributed by atoms with van der Waals surface area (Å²) in [4.78, 5) is 26.5. The van der Waals surface area contributed by atoms with Gasteiger partial charge in [-0.3, -0.25) is 19.7 Å². The molecule has 1 aromatic carbocycles. The van der Waals surface area contributed by atoms with Gasteiger partial charge in [-0.2, -0.15) is 0 Å². The second kappa shape index (κ2) is 8.13. The fourth-order valence-corrected chi connectivity index (χ4v) is 4.81. The van der Waals surface area contributed by atoms with Gasteiger partial charge in [0.15, 0.2) is 9.34 Å². The largest absolute Gasteiger partial charge is 0.291 e. The number of carbonyl (C=O) groups is 1. The van der Waals surface area contributed by atoms with Crippen LogP contribution in [0.5, 0.6) is 0 Å². The zero-order valence-corrected chi connectivity index (χ0v) is 17.2. The van der Waals surface area contributed by atoms with Gasteiger partial charge in [0.1, 0.15) is 0 Å². The van der Waals surface area contributed by atoms with E-state index in [1.54, 1.807) is 32.6 Å². The van der Waals surface area contributed by atoms with E-state index in [0.29, 0.717) is 10.8 Å². The molecule has 146 valence electrons. The van der Waals surface area contributed by atoms with Gasteiger partial charge in [0.05, 0.1) is 24.0 Å². The van der Waals surface area contributed by atoms with Crippen LogP contribution in [0.2, 0.25) is 0 Å². The van der Waals surface area contributed by atoms with E-state index in [4.69, 9.17) is 0 Å². The summed E-state index contributed by atoms with van der Waals surface area (Å²) in [5.74, 6) is -0.186. The lowest BCUT2D eigenvalue weighted by molar-refractivity contribution is -0.117. The van der Waals surface area contributed by atoms with Crippen LogP contribution in [-0.4, -0.2) is 43.4 Å². The molecule has 0 aliphatic rings. The average Bonchev–Trinajstić information content (AvgIpc) is 3.11. The average molecular weight is 418 g/mol. The van der Waals surface area contributed by atoms with Crippen LogP contribution in [0.1, 0.15) is 11.3 Å². The standard InChI is InChI=1S/C18H19N5O3S2/c1-12-17(28(25,26)19-2)27-18(22-12)23(3)16(24)10-13-4-6-14(7-5-13)15-11-20-8-9-21-15/h4-9,11,19H,10H2,1-3H3. The van der Waals surface area contributed by atoms with Crippen molar-refractivity contribution in [2.24, 2.45) is 0 Å². The number of anilines is 1. The first-order valence-corrected chi connectivity index (χ1v) is 10.6. The zero-order valence-electron chi connectivity index (χ0n) is 15.6. The number of benzene rings is 1. The van der Waals surface area contributed by atoms with Gasteiger partial charge < -0.3 is 0 Å². The van der Waals surface area contributed by atoms with Crippen molar-refractivity contribution in [3.05, 3.63) is 54.1 Å². The number of sulfonamides is 1. The number of aromatic nitrogens is 3. The van der Waals surface area contributed by atoms with Crippen LogP contribution >= 0.6 is 11.3 Å². The number of likely N-dealkylation sites (N-methyl/N-ethyl adjacent to an activating group) is 1. The SMILES string of the molecule is CNS(=O)(=O)c1sc(N(C)C(=O)Cc2ccc(-c3cnccn3)cc2)nc1C. The Morgan fingerprint density at radius 3 is 2.54 bits per heavy atom. The Hall–Kier alpha value is -2.69. The van der Waals surface area contributed by atoms with Crippen LogP contribution in [0, 0.1) is 6.92 Å². The minimum Gasteiger partial charge on any atom is -0.291 e. The lowest BCUT2D eigenvalue weighted by Gasteiger charge is -2.13. The normalized spacial score (nSPS) is 11.4. The van der Waals surface area contributed by atoms with Crippen LogP contribution < -0.4 is 9.62 Å². The highest BCUT2D eigenvalue weighted by molar-refractivity contribution is 7.91. The van der Waals surface area contributed by atoms with Gasteiger partial charge >= 0.3 is 0 Å². The van der Waals surface area contributed by atoms with Gasteiger partial charge in [-0.05, 0) is 19.5 Å². The lowest BCUT2D eigenvalue weighted by Crippen LogP contribution is -2.27. The first kappa shape index (κ1) is 20.1. The van der Waals surface area contributed by atoms with E-state index in [-0.39, 0.29) is 16.5 Å². The molecule has 0 atom stereocenters. The van der Waals surface area contributed by atoms with E-state index >= 15 is 0 Å². The maximum Gasteiger partial charge on any atom is 0.251 e. The molecule has 0 bridgehead atoms. The molecule has 0 saturated carbocycles. The molecular formula is C18H19N5O3S2. The van der Waals surface area contributed by atoms with Crippen molar-refractivity contribution in [2.45, 2.75) is 17.6 Å². The summed E-state index contributed by atoms with van der Waals surface area (Å²) < 4.78 is 26.4. The first-order chi connectivity index (χ1) is 13.3. The van der Waals surface area contributed by atoms with Crippen LogP contribution in [0.3, 0.4) is 0 Å². The molecule has 2 heterocycles. The highest BCUT2D eigenvalue weighted by Gasteiger charge is 2.23. The van der Waals surface area contributed by atoms with Crippen molar-refractivity contribution in [3.8, 4) is 11.3 Å². The van der Waals surface area contributed by atoms with Gasteiger partial charge in [-0.15, -0.1) is 0 Å². The smallest absolute Gasteiger partial charge is 0.251 e. The molecule has 0 aliphatic carbocycles. The topological polar surface area (TPSA) is 105 Å². The van der Waals surface area contributed by atoms with Crippen LogP contribution in [0.4, 0.5) is 5.13 Å². The highest BCUT2D eigenvalue weighted by Crippen LogP contribution is 2.29. The zero-order chi connectivity index (χ0) is 20.3. The number of hydrogen-bond donors (Lipinski definition) is 1. The van der Waals surface area contributed by atoms with E-state index in [1.807, 2.05) is 24.3 Å². The predicted octanol–water partition coefficient (Wildman–Crippen LogP) is 2.02. The summed E-state index contributed by atoms with van der Waals surface area (Å²) in [6.45, 7) is 1.60. The molecule has 1 amide bonds. The Morgan fingerprint density at radius 1 is 1.21 bits per heavy atom. The van der Waals surface area contributed by atoms with Crippen molar-refractivity contribution >= 4 is 32.4 Å². The third-order valence-corrected chi connectivity index (χ3v) is 7.34. The van der Waals surface area contributed by atoms with Crippen molar-refractivity contribution in [1.29, 1.82) is 0 Å². The van der Waals surface area contributed by atoms with Crippen molar-refractivity contribution < 1.29 is 13.2 Å². The predicted molar refractivity (Wildman–Crippen MR) is 108 cm³/mol. The molecule has 0 spiro atoms. The van der Waals surface area contributed by atoms with E-state index in [9.17, 15) is 13.2 Å². The number of rotatable bonds is 6. The molecule has 28 heavy (non-hydrogen) atoms. The molecule has 2 aromatic heterocycles. The molecule has 0 saturated heterocycles. The van der Waals surface area contributed by atoms with Crippen LogP contribution in [0.15, 0.2) is 47.1 Å². The van der Waals surface area contributed by atoms with Crippen molar-refractivity contribution in [1.82, 2.24) is 19.7 Å². The Balaban J connectivity index is 1.74. The number of amides is 1. The van der Waals surface area contributed by atoms with Gasteiger partial charge in [-0.25, -0.2) is 18.1 Å². The molecule has 0 radical (unpaired) electrons. The van der Waals surface area contributed by atoms with Gasteiger partial charge in [0.2, 0.25) is 5.91 Å². The Labute approximate surface area is 167 Å². The summed E-state index contributed by atoms with van der Waals surface area (Å²) in [7, 11) is -0.672. The quantitative estimate of drug-likeness (QED) is 0.658. The minimum atomic E-state index is -3.60. The molecule has 1 N–H and O–H groups in total. The molecular weight excluding hydrogens is 398 g/mol. The molecule has 0 aliphatic heterocycles. The van der Waals surface area contributed by atoms with Crippen molar-refractivity contribution in [2.75, 3.05) is 19.0 Å². The van der Waals surface area contributed by atoms with Gasteiger partial charge in [0, 0.05) is 25.0 Å². The molecule has 3 aromatic rings. The molecule has 3 rings (SSSR count). The monoisotopic (exact) mass is 417 g/mol. The second-order valence-electron chi connectivity index (χ2n) is 5.99. The summed E-state index contributed by atoms with van der Waals surface area (Å²) in [5.41, 5.74) is 2.87. The lowest BCUT2D eigenvalue weighted by atomic mass is 10.1. The molecule has 10 heteroatoms. The first-order valence-electron chi connectivity index (χ1n) is 8.34. The Bertz CT molecular complexity index is 1080. The Morgan fingerprint density at radius 2 is 1.93 bits per heavy atom. The third-order valence-electron chi connectivity index (χ3n) is 4.08. The number of aryl methyl sites for hydroxylation is 1. The van der Waals surface area contributed by atoms with E-state index in [2.05, 4.69) is 19.7 Å². The number of nitrogens with zero attached hydrogens (tertiary/aromatic N) is 4. The third kappa shape index (κ3) is 4.24. The maximum absolute atomic E-state index is 12.6. The fraction of sp³-hybridized carbons (Fsp3) is 0.222. The minimum absolute atomic E-state index is 0.109. The van der Waals surface area contributed by atoms with Crippen LogP contribution in [0.25, 0.3) is 11.3 Å². The highest BCUT2D eigenvalue weighted by atomic mass is 32.2. The molecule has 8 nitrogen and oxygen atoms in total. The van der Waals surface area contributed by atoms with Gasteiger partial charge in [0.25, 0.3) is 10.0 Å². The maximum atomic E-state index is 12.6. The number of nitrogens with one attached hydrogen (secondary N) is 1. The Kier molecular flexibility index (Phi) is 5.82.